The van der Waals surface area contributed by atoms with E-state index in [1.54, 1.807) is 24.3 Å². The highest BCUT2D eigenvalue weighted by molar-refractivity contribution is 6.30. The molecular formula is C18H17ClO3. The molecule has 2 aromatic rings. The summed E-state index contributed by atoms with van der Waals surface area (Å²) in [6.45, 7) is 4.00. The first-order valence-electron chi connectivity index (χ1n) is 6.89. The molecule has 0 radical (unpaired) electrons. The Labute approximate surface area is 135 Å². The van der Waals surface area contributed by atoms with Crippen LogP contribution in [0.15, 0.2) is 67.3 Å². The summed E-state index contributed by atoms with van der Waals surface area (Å²) in [6.07, 6.45) is 0.728. The predicted molar refractivity (Wildman–Crippen MR) is 86.6 cm³/mol. The largest absolute Gasteiger partial charge is 0.459 e. The molecule has 0 aliphatic rings. The molecule has 1 atom stereocenters. The van der Waals surface area contributed by atoms with Gasteiger partial charge in [0.25, 0.3) is 0 Å². The number of halogens is 1. The van der Waals surface area contributed by atoms with E-state index in [9.17, 15) is 4.79 Å². The van der Waals surface area contributed by atoms with Crippen LogP contribution in [0.25, 0.3) is 0 Å². The van der Waals surface area contributed by atoms with Crippen LogP contribution < -0.4 is 0 Å². The van der Waals surface area contributed by atoms with E-state index in [1.165, 1.54) is 6.08 Å². The lowest BCUT2D eigenvalue weighted by Crippen LogP contribution is -2.19. The monoisotopic (exact) mass is 316 g/mol. The summed E-state index contributed by atoms with van der Waals surface area (Å²) in [4.78, 5) is 12.2. The van der Waals surface area contributed by atoms with Crippen molar-refractivity contribution in [1.29, 1.82) is 0 Å². The number of hydrogen-bond donors (Lipinski definition) is 0. The van der Waals surface area contributed by atoms with Crippen molar-refractivity contribution in [3.63, 3.8) is 0 Å². The molecule has 0 amide bonds. The third-order valence-electron chi connectivity index (χ3n) is 2.99. The Balaban J connectivity index is 2.12. The van der Waals surface area contributed by atoms with Crippen molar-refractivity contribution < 1.29 is 14.3 Å². The number of carbonyl (C=O) groups excluding carboxylic acids is 1. The molecule has 0 heterocycles. The van der Waals surface area contributed by atoms with Crippen molar-refractivity contribution in [3.8, 4) is 0 Å². The smallest absolute Gasteiger partial charge is 0.340 e. The Morgan fingerprint density at radius 3 is 2.45 bits per heavy atom. The van der Waals surface area contributed by atoms with Gasteiger partial charge in [-0.3, -0.25) is 0 Å². The van der Waals surface area contributed by atoms with Crippen molar-refractivity contribution in [2.75, 3.05) is 6.61 Å². The molecule has 0 fully saturated rings. The van der Waals surface area contributed by atoms with Crippen LogP contribution in [0.5, 0.6) is 0 Å². The van der Waals surface area contributed by atoms with Crippen LogP contribution in [0.1, 0.15) is 17.2 Å². The zero-order valence-corrected chi connectivity index (χ0v) is 12.8. The van der Waals surface area contributed by atoms with E-state index >= 15 is 0 Å². The van der Waals surface area contributed by atoms with Gasteiger partial charge in [0.2, 0.25) is 0 Å². The molecule has 2 aromatic carbocycles. The molecule has 3 nitrogen and oxygen atoms in total. The van der Waals surface area contributed by atoms with E-state index in [-0.39, 0.29) is 6.61 Å². The van der Waals surface area contributed by atoms with E-state index in [4.69, 9.17) is 21.1 Å². The quantitative estimate of drug-likeness (QED) is 0.563. The molecule has 0 bridgehead atoms. The third kappa shape index (κ3) is 4.72. The van der Waals surface area contributed by atoms with E-state index < -0.39 is 12.1 Å². The van der Waals surface area contributed by atoms with Crippen LogP contribution in [-0.4, -0.2) is 12.6 Å². The van der Waals surface area contributed by atoms with Gasteiger partial charge < -0.3 is 9.47 Å². The van der Waals surface area contributed by atoms with Crippen LogP contribution in [0, 0.1) is 0 Å². The molecule has 1 unspecified atom stereocenters. The maximum atomic E-state index is 12.2. The first-order chi connectivity index (χ1) is 10.7. The Bertz CT molecular complexity index is 608. The molecule has 114 valence electrons. The molecule has 0 spiro atoms. The number of carbonyl (C=O) groups is 1. The van der Waals surface area contributed by atoms with Gasteiger partial charge in [0.05, 0.1) is 6.61 Å². The van der Waals surface area contributed by atoms with Crippen molar-refractivity contribution in [1.82, 2.24) is 0 Å². The number of hydrogen-bond acceptors (Lipinski definition) is 3. The summed E-state index contributed by atoms with van der Waals surface area (Å²) in [6, 6.07) is 16.6. The van der Waals surface area contributed by atoms with Crippen molar-refractivity contribution in [2.45, 2.75) is 12.7 Å². The molecule has 0 saturated heterocycles. The molecule has 0 saturated carbocycles. The summed E-state index contributed by atoms with van der Waals surface area (Å²) in [5, 5.41) is 0.602. The lowest BCUT2D eigenvalue weighted by Gasteiger charge is -2.17. The average molecular weight is 317 g/mol. The number of ether oxygens (including phenoxy) is 2. The van der Waals surface area contributed by atoms with Gasteiger partial charge in [-0.05, 0) is 23.3 Å². The van der Waals surface area contributed by atoms with Crippen LogP contribution in [0.4, 0.5) is 0 Å². The molecule has 0 N–H and O–H groups in total. The van der Waals surface area contributed by atoms with E-state index in [0.29, 0.717) is 17.2 Å². The van der Waals surface area contributed by atoms with E-state index in [0.717, 1.165) is 5.56 Å². The molecule has 4 heteroatoms. The third-order valence-corrected chi connectivity index (χ3v) is 3.24. The molecule has 0 aliphatic carbocycles. The Morgan fingerprint density at radius 1 is 1.14 bits per heavy atom. The second kappa shape index (κ2) is 8.37. The number of rotatable bonds is 7. The van der Waals surface area contributed by atoms with Gasteiger partial charge in [-0.15, -0.1) is 0 Å². The molecule has 0 aromatic heterocycles. The van der Waals surface area contributed by atoms with E-state index in [2.05, 4.69) is 6.58 Å². The van der Waals surface area contributed by atoms with Crippen molar-refractivity contribution in [3.05, 3.63) is 83.4 Å². The highest BCUT2D eigenvalue weighted by atomic mass is 35.5. The predicted octanol–water partition coefficient (Wildman–Crippen LogP) is 4.33. The normalized spacial score (nSPS) is 11.7. The second-order valence-electron chi connectivity index (χ2n) is 4.65. The molecular weight excluding hydrogens is 300 g/mol. The average Bonchev–Trinajstić information content (AvgIpc) is 2.55. The lowest BCUT2D eigenvalue weighted by atomic mass is 10.1. The minimum atomic E-state index is -0.794. The Hall–Kier alpha value is -2.10. The fraction of sp³-hybridized carbons (Fsp3) is 0.167. The maximum Gasteiger partial charge on any atom is 0.340 e. The minimum absolute atomic E-state index is 0.150. The summed E-state index contributed by atoms with van der Waals surface area (Å²) >= 11 is 5.88. The summed E-state index contributed by atoms with van der Waals surface area (Å²) < 4.78 is 10.9. The number of esters is 1. The molecule has 22 heavy (non-hydrogen) atoms. The summed E-state index contributed by atoms with van der Waals surface area (Å²) in [5.74, 6) is -0.446. The fourth-order valence-corrected chi connectivity index (χ4v) is 2.03. The first-order valence-corrected chi connectivity index (χ1v) is 7.27. The van der Waals surface area contributed by atoms with Crippen LogP contribution in [0.3, 0.4) is 0 Å². The van der Waals surface area contributed by atoms with Gasteiger partial charge in [-0.25, -0.2) is 4.79 Å². The number of benzene rings is 2. The maximum absolute atomic E-state index is 12.2. The lowest BCUT2D eigenvalue weighted by molar-refractivity contribution is -0.157. The molecule has 2 rings (SSSR count). The Kier molecular flexibility index (Phi) is 6.19. The van der Waals surface area contributed by atoms with Crippen molar-refractivity contribution >= 4 is 17.6 Å². The van der Waals surface area contributed by atoms with Gasteiger partial charge in [0.15, 0.2) is 6.10 Å². The van der Waals surface area contributed by atoms with Gasteiger partial charge in [-0.2, -0.15) is 0 Å². The standard InChI is InChI=1S/C18H17ClO3/c1-2-12-21-18(20)17(15-8-10-16(19)11-9-15)22-13-14-6-4-3-5-7-14/h2-11,17H,1,12-13H2. The zero-order valence-electron chi connectivity index (χ0n) is 12.1. The van der Waals surface area contributed by atoms with E-state index in [1.807, 2.05) is 30.3 Å². The van der Waals surface area contributed by atoms with Gasteiger partial charge in [0, 0.05) is 5.02 Å². The fourth-order valence-electron chi connectivity index (χ4n) is 1.91. The van der Waals surface area contributed by atoms with Crippen LogP contribution in [0.2, 0.25) is 5.02 Å². The van der Waals surface area contributed by atoms with Crippen LogP contribution >= 0.6 is 11.6 Å². The minimum Gasteiger partial charge on any atom is -0.459 e. The molecule has 0 aliphatic heterocycles. The highest BCUT2D eigenvalue weighted by Gasteiger charge is 2.23. The van der Waals surface area contributed by atoms with Crippen LogP contribution in [-0.2, 0) is 20.9 Å². The summed E-state index contributed by atoms with van der Waals surface area (Å²) in [7, 11) is 0. The van der Waals surface area contributed by atoms with Crippen molar-refractivity contribution in [2.24, 2.45) is 0 Å². The Morgan fingerprint density at radius 2 is 1.82 bits per heavy atom. The highest BCUT2D eigenvalue weighted by Crippen LogP contribution is 2.23. The SMILES string of the molecule is C=CCOC(=O)C(OCc1ccccc1)c1ccc(Cl)cc1. The topological polar surface area (TPSA) is 35.5 Å². The zero-order chi connectivity index (χ0) is 15.8. The van der Waals surface area contributed by atoms with Gasteiger partial charge >= 0.3 is 5.97 Å². The van der Waals surface area contributed by atoms with Gasteiger partial charge in [0.1, 0.15) is 6.61 Å². The first kappa shape index (κ1) is 16.3. The second-order valence-corrected chi connectivity index (χ2v) is 5.08. The van der Waals surface area contributed by atoms with Gasteiger partial charge in [-0.1, -0.05) is 66.7 Å². The summed E-state index contributed by atoms with van der Waals surface area (Å²) in [5.41, 5.74) is 1.69.